The highest BCUT2D eigenvalue weighted by molar-refractivity contribution is 5.99. The van der Waals surface area contributed by atoms with E-state index >= 15 is 0 Å². The van der Waals surface area contributed by atoms with E-state index in [1.165, 1.54) is 16.0 Å². The first-order chi connectivity index (χ1) is 9.27. The first-order valence-corrected chi connectivity index (χ1v) is 6.57. The minimum absolute atomic E-state index is 0.124. The van der Waals surface area contributed by atoms with Crippen LogP contribution in [-0.4, -0.2) is 17.9 Å². The Labute approximate surface area is 112 Å². The number of benzene rings is 2. The van der Waals surface area contributed by atoms with Crippen molar-refractivity contribution in [3.63, 3.8) is 0 Å². The Balaban J connectivity index is 1.94. The number of rotatable bonds is 0. The van der Waals surface area contributed by atoms with Gasteiger partial charge in [0.1, 0.15) is 17.8 Å². The van der Waals surface area contributed by atoms with Crippen molar-refractivity contribution in [1.82, 2.24) is 4.90 Å². The second kappa shape index (κ2) is 3.68. The Bertz CT molecular complexity index is 680. The Morgan fingerprint density at radius 3 is 2.74 bits per heavy atom. The summed E-state index contributed by atoms with van der Waals surface area (Å²) in [5.74, 6) is 0.126. The topological polar surface area (TPSA) is 24.8 Å². The van der Waals surface area contributed by atoms with E-state index in [2.05, 4.69) is 30.3 Å². The molecule has 2 unspecified atom stereocenters. The molecule has 2 atom stereocenters. The van der Waals surface area contributed by atoms with Crippen molar-refractivity contribution in [1.29, 1.82) is 0 Å². The number of nitrogens with one attached hydrogen (secondary N) is 1. The van der Waals surface area contributed by atoms with Crippen LogP contribution in [0.1, 0.15) is 27.7 Å². The highest BCUT2D eigenvalue weighted by atomic mass is 16.2. The molecule has 0 aromatic heterocycles. The van der Waals surface area contributed by atoms with Crippen molar-refractivity contribution in [2.24, 2.45) is 0 Å². The molecule has 3 heteroatoms. The monoisotopic (exact) mass is 251 g/mol. The molecule has 2 aliphatic rings. The highest BCUT2D eigenvalue weighted by Crippen LogP contribution is 2.31. The van der Waals surface area contributed by atoms with Crippen molar-refractivity contribution in [2.45, 2.75) is 12.7 Å². The van der Waals surface area contributed by atoms with E-state index in [4.69, 9.17) is 0 Å². The maximum Gasteiger partial charge on any atom is 0.264 e. The fraction of sp³-hybridized carbons (Fsp3) is 0.188. The van der Waals surface area contributed by atoms with Crippen molar-refractivity contribution in [3.8, 4) is 0 Å². The molecule has 0 bridgehead atoms. The number of para-hydroxylation sites is 1. The molecule has 0 fully saturated rings. The van der Waals surface area contributed by atoms with E-state index in [0.717, 1.165) is 17.8 Å². The summed E-state index contributed by atoms with van der Waals surface area (Å²) in [6.07, 6.45) is 0.124. The van der Waals surface area contributed by atoms with E-state index in [1.807, 2.05) is 30.1 Å². The number of fused-ring (bicyclic) bond motifs is 5. The summed E-state index contributed by atoms with van der Waals surface area (Å²) in [7, 11) is 1.91. The largest absolute Gasteiger partial charge is 0.287 e. The summed E-state index contributed by atoms with van der Waals surface area (Å²) < 4.78 is 0. The van der Waals surface area contributed by atoms with E-state index in [0.29, 0.717) is 0 Å². The number of hydrogen-bond acceptors (Lipinski definition) is 1. The van der Waals surface area contributed by atoms with Crippen LogP contribution in [0, 0.1) is 0 Å². The van der Waals surface area contributed by atoms with Crippen LogP contribution in [0.5, 0.6) is 0 Å². The van der Waals surface area contributed by atoms with Gasteiger partial charge < -0.3 is 0 Å². The number of nitrogens with zero attached hydrogens (tertiary/aromatic N) is 1. The number of amides is 1. The smallest absolute Gasteiger partial charge is 0.264 e. The molecule has 0 saturated heterocycles. The number of carbonyl (C=O) groups is 1. The Hall–Kier alpha value is -2.13. The molecular formula is C16H15N2O+. The van der Waals surface area contributed by atoms with Gasteiger partial charge in [-0.1, -0.05) is 36.4 Å². The van der Waals surface area contributed by atoms with E-state index < -0.39 is 0 Å². The molecule has 2 aliphatic heterocycles. The molecule has 2 heterocycles. The van der Waals surface area contributed by atoms with Gasteiger partial charge in [-0.2, -0.15) is 0 Å². The van der Waals surface area contributed by atoms with Crippen molar-refractivity contribution in [2.75, 3.05) is 7.05 Å². The summed E-state index contributed by atoms with van der Waals surface area (Å²) in [6.45, 7) is 0.954. The van der Waals surface area contributed by atoms with Gasteiger partial charge in [0, 0.05) is 18.2 Å². The Kier molecular flexibility index (Phi) is 2.09. The van der Waals surface area contributed by atoms with Crippen LogP contribution < -0.4 is 4.90 Å². The summed E-state index contributed by atoms with van der Waals surface area (Å²) in [6, 6.07) is 16.4. The Morgan fingerprint density at radius 1 is 1.11 bits per heavy atom. The van der Waals surface area contributed by atoms with Crippen LogP contribution in [0.2, 0.25) is 0 Å². The molecular weight excluding hydrogens is 236 g/mol. The zero-order valence-corrected chi connectivity index (χ0v) is 10.8. The lowest BCUT2D eigenvalue weighted by Gasteiger charge is -2.35. The standard InChI is InChI=1S/C16H14N2O/c1-17-15-12-7-3-2-6-11(12)10-18(15)14-9-5-4-8-13(14)16(17)19/h2-9,15H,10H2,1H3/p+1. The van der Waals surface area contributed by atoms with E-state index in [-0.39, 0.29) is 12.1 Å². The first-order valence-electron chi connectivity index (χ1n) is 6.57. The fourth-order valence-electron chi connectivity index (χ4n) is 3.39. The van der Waals surface area contributed by atoms with Gasteiger partial charge in [0.25, 0.3) is 5.91 Å². The zero-order chi connectivity index (χ0) is 13.0. The van der Waals surface area contributed by atoms with Gasteiger partial charge >= 0.3 is 0 Å². The van der Waals surface area contributed by atoms with Gasteiger partial charge in [-0.3, -0.25) is 14.6 Å². The number of quaternary nitrogens is 1. The third kappa shape index (κ3) is 1.33. The van der Waals surface area contributed by atoms with Crippen LogP contribution in [0.25, 0.3) is 0 Å². The molecule has 2 aromatic rings. The predicted molar refractivity (Wildman–Crippen MR) is 72.0 cm³/mol. The fourth-order valence-corrected chi connectivity index (χ4v) is 3.39. The van der Waals surface area contributed by atoms with Gasteiger partial charge in [0.05, 0.1) is 0 Å². The molecule has 19 heavy (non-hydrogen) atoms. The second-order valence-electron chi connectivity index (χ2n) is 5.27. The maximum absolute atomic E-state index is 12.5. The summed E-state index contributed by atoms with van der Waals surface area (Å²) in [4.78, 5) is 15.7. The normalized spacial score (nSPS) is 23.8. The lowest BCUT2D eigenvalue weighted by Crippen LogP contribution is -3.07. The minimum atomic E-state index is 0.124. The summed E-state index contributed by atoms with van der Waals surface area (Å²) >= 11 is 0. The molecule has 0 aliphatic carbocycles. The molecule has 2 aromatic carbocycles. The zero-order valence-electron chi connectivity index (χ0n) is 10.8. The number of carbonyl (C=O) groups excluding carboxylic acids is 1. The molecule has 94 valence electrons. The van der Waals surface area contributed by atoms with Gasteiger partial charge in [-0.15, -0.1) is 0 Å². The van der Waals surface area contributed by atoms with Crippen molar-refractivity contribution >= 4 is 11.6 Å². The molecule has 0 radical (unpaired) electrons. The average Bonchev–Trinajstić information content (AvgIpc) is 2.84. The van der Waals surface area contributed by atoms with Gasteiger partial charge in [-0.05, 0) is 12.1 Å². The van der Waals surface area contributed by atoms with Crippen LogP contribution in [0.4, 0.5) is 5.69 Å². The maximum atomic E-state index is 12.5. The quantitative estimate of drug-likeness (QED) is 0.754. The van der Waals surface area contributed by atoms with E-state index in [9.17, 15) is 4.79 Å². The minimum Gasteiger partial charge on any atom is -0.287 e. The van der Waals surface area contributed by atoms with Crippen molar-refractivity contribution < 1.29 is 9.69 Å². The van der Waals surface area contributed by atoms with Gasteiger partial charge in [0.2, 0.25) is 0 Å². The van der Waals surface area contributed by atoms with Crippen LogP contribution >= 0.6 is 0 Å². The molecule has 0 spiro atoms. The van der Waals surface area contributed by atoms with E-state index in [1.54, 1.807) is 0 Å². The lowest BCUT2D eigenvalue weighted by atomic mass is 10.0. The van der Waals surface area contributed by atoms with Crippen LogP contribution in [0.15, 0.2) is 48.5 Å². The SMILES string of the molecule is CN1C(=O)c2ccccc2[NH+]2Cc3ccccc3C12. The van der Waals surface area contributed by atoms with Crippen LogP contribution in [0.3, 0.4) is 0 Å². The number of hydrogen-bond donors (Lipinski definition) is 1. The second-order valence-corrected chi connectivity index (χ2v) is 5.27. The van der Waals surface area contributed by atoms with Crippen molar-refractivity contribution in [3.05, 3.63) is 65.2 Å². The van der Waals surface area contributed by atoms with Crippen LogP contribution in [-0.2, 0) is 6.54 Å². The molecule has 0 saturated carbocycles. The molecule has 1 amide bonds. The lowest BCUT2D eigenvalue weighted by molar-refractivity contribution is -0.886. The third-order valence-corrected chi connectivity index (χ3v) is 4.27. The first kappa shape index (κ1) is 10.8. The average molecular weight is 251 g/mol. The predicted octanol–water partition coefficient (Wildman–Crippen LogP) is 1.50. The summed E-state index contributed by atoms with van der Waals surface area (Å²) in [5.41, 5.74) is 4.59. The molecule has 1 N–H and O–H groups in total. The summed E-state index contributed by atoms with van der Waals surface area (Å²) in [5, 5.41) is 0. The van der Waals surface area contributed by atoms with Gasteiger partial charge in [0.15, 0.2) is 6.17 Å². The molecule has 4 rings (SSSR count). The van der Waals surface area contributed by atoms with Gasteiger partial charge in [-0.25, -0.2) is 0 Å². The third-order valence-electron chi connectivity index (χ3n) is 4.27. The Morgan fingerprint density at radius 2 is 1.84 bits per heavy atom. The highest BCUT2D eigenvalue weighted by Gasteiger charge is 2.45. The molecule has 3 nitrogen and oxygen atoms in total.